The number of nitrogens with zero attached hydrogens (tertiary/aromatic N) is 2. The van der Waals surface area contributed by atoms with E-state index in [-0.39, 0.29) is 54.5 Å². The van der Waals surface area contributed by atoms with Crippen molar-refractivity contribution in [3.63, 3.8) is 0 Å². The minimum atomic E-state index is -3.71. The normalized spacial score (nSPS) is 15.3. The second-order valence-corrected chi connectivity index (χ2v) is 11.5. The van der Waals surface area contributed by atoms with Crippen LogP contribution < -0.4 is 9.62 Å². The third-order valence-electron chi connectivity index (χ3n) is 7.09. The van der Waals surface area contributed by atoms with Crippen LogP contribution in [0, 0.1) is 5.82 Å². The fraction of sp³-hybridized carbons (Fsp3) is 0.379. The van der Waals surface area contributed by atoms with E-state index in [1.54, 1.807) is 30.3 Å². The van der Waals surface area contributed by atoms with Crippen LogP contribution in [0.2, 0.25) is 0 Å². The molecule has 1 aliphatic heterocycles. The summed E-state index contributed by atoms with van der Waals surface area (Å²) in [7, 11) is -3.71. The van der Waals surface area contributed by atoms with Crippen LogP contribution in [-0.4, -0.2) is 43.8 Å². The first-order valence-electron chi connectivity index (χ1n) is 13.1. The molecule has 1 heterocycles. The number of anilines is 1. The molecule has 0 aliphatic carbocycles. The Morgan fingerprint density at radius 2 is 1.68 bits per heavy atom. The molecule has 1 N–H and O–H groups in total. The summed E-state index contributed by atoms with van der Waals surface area (Å²) in [5.74, 6) is -0.870. The first-order chi connectivity index (χ1) is 18.2. The average molecular weight is 540 g/mol. The number of rotatable bonds is 11. The monoisotopic (exact) mass is 539 g/mol. The van der Waals surface area contributed by atoms with Crippen LogP contribution in [0.15, 0.2) is 65.6 Å². The van der Waals surface area contributed by atoms with E-state index in [2.05, 4.69) is 5.32 Å². The predicted octanol–water partition coefficient (Wildman–Crippen LogP) is 4.99. The highest BCUT2D eigenvalue weighted by Crippen LogP contribution is 2.42. The molecule has 2 amide bonds. The number of nitrogens with one attached hydrogen (secondary N) is 1. The maximum atomic E-state index is 13.5. The number of hydrogen-bond donors (Lipinski definition) is 1. The fourth-order valence-electron chi connectivity index (χ4n) is 4.86. The summed E-state index contributed by atoms with van der Waals surface area (Å²) in [6.45, 7) is 6.02. The van der Waals surface area contributed by atoms with Gasteiger partial charge in [-0.15, -0.1) is 0 Å². The Hall–Kier alpha value is -3.46. The van der Waals surface area contributed by atoms with Crippen molar-refractivity contribution < 1.29 is 22.4 Å². The van der Waals surface area contributed by atoms with Crippen LogP contribution in [0.5, 0.6) is 0 Å². The van der Waals surface area contributed by atoms with Crippen molar-refractivity contribution in [2.75, 3.05) is 10.8 Å². The van der Waals surface area contributed by atoms with Gasteiger partial charge in [0, 0.05) is 30.9 Å². The molecule has 4 rings (SSSR count). The van der Waals surface area contributed by atoms with Crippen molar-refractivity contribution in [3.05, 3.63) is 72.0 Å². The highest BCUT2D eigenvalue weighted by molar-refractivity contribution is 7.93. The van der Waals surface area contributed by atoms with Gasteiger partial charge in [-0.1, -0.05) is 50.2 Å². The van der Waals surface area contributed by atoms with Gasteiger partial charge in [-0.2, -0.15) is 0 Å². The van der Waals surface area contributed by atoms with Gasteiger partial charge in [0.1, 0.15) is 11.9 Å². The quantitative estimate of drug-likeness (QED) is 0.372. The largest absolute Gasteiger partial charge is 0.352 e. The molecule has 0 spiro atoms. The van der Waals surface area contributed by atoms with Gasteiger partial charge in [0.15, 0.2) is 0 Å². The minimum absolute atomic E-state index is 0.0379. The highest BCUT2D eigenvalue weighted by atomic mass is 32.2. The smallest absolute Gasteiger partial charge is 0.265 e. The zero-order valence-corrected chi connectivity index (χ0v) is 22.8. The van der Waals surface area contributed by atoms with E-state index in [0.717, 1.165) is 11.8 Å². The van der Waals surface area contributed by atoms with Gasteiger partial charge < -0.3 is 10.2 Å². The van der Waals surface area contributed by atoms with E-state index in [1.807, 2.05) is 39.0 Å². The molecule has 202 valence electrons. The second-order valence-electron chi connectivity index (χ2n) is 9.70. The van der Waals surface area contributed by atoms with Gasteiger partial charge in [-0.3, -0.25) is 13.9 Å². The van der Waals surface area contributed by atoms with E-state index in [9.17, 15) is 22.4 Å². The van der Waals surface area contributed by atoms with Crippen LogP contribution in [0.25, 0.3) is 10.8 Å². The fourth-order valence-corrected chi connectivity index (χ4v) is 6.61. The van der Waals surface area contributed by atoms with Gasteiger partial charge >= 0.3 is 0 Å². The summed E-state index contributed by atoms with van der Waals surface area (Å²) in [6.07, 6.45) is 1.51. The lowest BCUT2D eigenvalue weighted by Gasteiger charge is -2.31. The third-order valence-corrected chi connectivity index (χ3v) is 8.94. The number of benzene rings is 3. The Balaban J connectivity index is 1.52. The Morgan fingerprint density at radius 1 is 1.00 bits per heavy atom. The van der Waals surface area contributed by atoms with Crippen molar-refractivity contribution in [2.24, 2.45) is 0 Å². The zero-order valence-electron chi connectivity index (χ0n) is 22.0. The summed E-state index contributed by atoms with van der Waals surface area (Å²) in [6, 6.07) is 15.8. The van der Waals surface area contributed by atoms with Crippen molar-refractivity contribution >= 4 is 38.3 Å². The van der Waals surface area contributed by atoms with Crippen molar-refractivity contribution in [1.82, 2.24) is 10.2 Å². The Morgan fingerprint density at radius 3 is 2.34 bits per heavy atom. The highest BCUT2D eigenvalue weighted by Gasteiger charge is 2.35. The Labute approximate surface area is 223 Å². The summed E-state index contributed by atoms with van der Waals surface area (Å²) in [5.41, 5.74) is 1.33. The molecule has 0 unspecified atom stereocenters. The van der Waals surface area contributed by atoms with E-state index in [1.165, 1.54) is 21.3 Å². The van der Waals surface area contributed by atoms with Crippen LogP contribution >= 0.6 is 0 Å². The van der Waals surface area contributed by atoms with Crippen LogP contribution in [0.3, 0.4) is 0 Å². The molecule has 0 saturated carbocycles. The van der Waals surface area contributed by atoms with E-state index >= 15 is 0 Å². The minimum Gasteiger partial charge on any atom is -0.352 e. The maximum Gasteiger partial charge on any atom is 0.265 e. The molecule has 0 bridgehead atoms. The van der Waals surface area contributed by atoms with Gasteiger partial charge in [0.25, 0.3) is 10.0 Å². The van der Waals surface area contributed by atoms with Crippen LogP contribution in [0.4, 0.5) is 10.1 Å². The van der Waals surface area contributed by atoms with Crippen molar-refractivity contribution in [3.8, 4) is 0 Å². The lowest BCUT2D eigenvalue weighted by Crippen LogP contribution is -2.50. The predicted molar refractivity (Wildman–Crippen MR) is 147 cm³/mol. The molecule has 0 fully saturated rings. The topological polar surface area (TPSA) is 86.8 Å². The maximum absolute atomic E-state index is 13.5. The van der Waals surface area contributed by atoms with Gasteiger partial charge in [-0.05, 0) is 61.4 Å². The lowest BCUT2D eigenvalue weighted by atomic mass is 10.1. The number of sulfonamides is 1. The number of hydrogen-bond acceptors (Lipinski definition) is 4. The lowest BCUT2D eigenvalue weighted by molar-refractivity contribution is -0.141. The van der Waals surface area contributed by atoms with E-state index < -0.39 is 16.1 Å². The molecule has 3 aromatic rings. The standard InChI is InChI=1S/C29H34FN3O4S/c1-4-20(3)31-29(35)24(5-2)32(19-21-14-16-23(30)17-15-21)27(34)13-8-18-33-25-11-6-9-22-10-7-12-26(28(22)25)38(33,36)37/h6-7,9-12,14-17,20,24H,4-5,8,13,18-19H2,1-3H3,(H,31,35)/t20-,24-/m0/s1. The van der Waals surface area contributed by atoms with Gasteiger partial charge in [-0.25, -0.2) is 12.8 Å². The zero-order chi connectivity index (χ0) is 27.4. The molecular weight excluding hydrogens is 505 g/mol. The second kappa shape index (κ2) is 11.5. The molecule has 2 atom stereocenters. The SMILES string of the molecule is CC[C@H](C)NC(=O)[C@H](CC)N(Cc1ccc(F)cc1)C(=O)CCCN1c2cccc3cccc(c23)S1(=O)=O. The summed E-state index contributed by atoms with van der Waals surface area (Å²) in [5, 5.41) is 4.52. The van der Waals surface area contributed by atoms with Gasteiger partial charge in [0.2, 0.25) is 11.8 Å². The molecule has 0 radical (unpaired) electrons. The molecular formula is C29H34FN3O4S. The van der Waals surface area contributed by atoms with Crippen molar-refractivity contribution in [1.29, 1.82) is 0 Å². The summed E-state index contributed by atoms with van der Waals surface area (Å²) < 4.78 is 41.4. The molecule has 0 aromatic heterocycles. The molecule has 0 saturated heterocycles. The summed E-state index contributed by atoms with van der Waals surface area (Å²) in [4.78, 5) is 28.4. The number of amides is 2. The number of carbonyl (C=O) groups is 2. The Bertz CT molecular complexity index is 1420. The third kappa shape index (κ3) is 5.53. The molecule has 38 heavy (non-hydrogen) atoms. The van der Waals surface area contributed by atoms with E-state index in [0.29, 0.717) is 23.1 Å². The molecule has 7 nitrogen and oxygen atoms in total. The average Bonchev–Trinajstić information content (AvgIpc) is 3.12. The van der Waals surface area contributed by atoms with Gasteiger partial charge in [0.05, 0.1) is 10.6 Å². The summed E-state index contributed by atoms with van der Waals surface area (Å²) >= 11 is 0. The van der Waals surface area contributed by atoms with E-state index in [4.69, 9.17) is 0 Å². The molecule has 1 aliphatic rings. The number of carbonyl (C=O) groups excluding carboxylic acids is 2. The first-order valence-corrected chi connectivity index (χ1v) is 14.5. The van der Waals surface area contributed by atoms with Crippen molar-refractivity contribution in [2.45, 2.75) is 70.0 Å². The molecule has 3 aromatic carbocycles. The Kier molecular flexibility index (Phi) is 8.35. The van der Waals surface area contributed by atoms with Crippen LogP contribution in [-0.2, 0) is 26.2 Å². The van der Waals surface area contributed by atoms with Crippen LogP contribution in [0.1, 0.15) is 52.0 Å². The first kappa shape index (κ1) is 27.6. The number of halogens is 1. The molecule has 9 heteroatoms.